The Morgan fingerprint density at radius 2 is 1.92 bits per heavy atom. The van der Waals surface area contributed by atoms with E-state index in [-0.39, 0.29) is 18.0 Å². The molecule has 0 fully saturated rings. The number of nitrogens with zero attached hydrogens (tertiary/aromatic N) is 1. The molecule has 6 heteroatoms. The molecule has 3 aromatic rings. The van der Waals surface area contributed by atoms with E-state index in [0.29, 0.717) is 22.0 Å². The van der Waals surface area contributed by atoms with E-state index < -0.39 is 0 Å². The van der Waals surface area contributed by atoms with Crippen molar-refractivity contribution in [2.45, 2.75) is 20.4 Å². The Hall–Kier alpha value is -2.79. The Kier molecular flexibility index (Phi) is 5.00. The number of ether oxygens (including phenoxy) is 1. The number of aryl methyl sites for hydroxylation is 2. The standard InChI is InChI=1S/C20H19ClN2O3/c1-12-10-19(25)23(20-15(12)5-4-6-17(20)26-3)11-18(24)22-16-8-7-14(21)9-13(16)2/h4-10H,11H2,1-3H3,(H,22,24). The van der Waals surface area contributed by atoms with E-state index in [9.17, 15) is 9.59 Å². The Labute approximate surface area is 156 Å². The average molecular weight is 371 g/mol. The fourth-order valence-electron chi connectivity index (χ4n) is 2.99. The number of rotatable bonds is 4. The van der Waals surface area contributed by atoms with Gasteiger partial charge in [-0.1, -0.05) is 23.7 Å². The second-order valence-corrected chi connectivity index (χ2v) is 6.55. The number of carbonyl (C=O) groups excluding carboxylic acids is 1. The number of nitrogens with one attached hydrogen (secondary N) is 1. The van der Waals surface area contributed by atoms with Crippen molar-refractivity contribution >= 4 is 34.1 Å². The summed E-state index contributed by atoms with van der Waals surface area (Å²) in [6.07, 6.45) is 0. The Morgan fingerprint density at radius 3 is 2.62 bits per heavy atom. The van der Waals surface area contributed by atoms with E-state index in [2.05, 4.69) is 5.32 Å². The van der Waals surface area contributed by atoms with Crippen LogP contribution >= 0.6 is 11.6 Å². The third kappa shape index (κ3) is 3.44. The zero-order valence-corrected chi connectivity index (χ0v) is 15.6. The van der Waals surface area contributed by atoms with Gasteiger partial charge in [-0.25, -0.2) is 0 Å². The lowest BCUT2D eigenvalue weighted by molar-refractivity contribution is -0.116. The van der Waals surface area contributed by atoms with Crippen LogP contribution in [0.15, 0.2) is 47.3 Å². The summed E-state index contributed by atoms with van der Waals surface area (Å²) in [6.45, 7) is 3.61. The van der Waals surface area contributed by atoms with Gasteiger partial charge in [-0.3, -0.25) is 14.2 Å². The normalized spacial score (nSPS) is 10.8. The Balaban J connectivity index is 2.00. The van der Waals surface area contributed by atoms with Crippen LogP contribution in [0.4, 0.5) is 5.69 Å². The van der Waals surface area contributed by atoms with Crippen LogP contribution in [-0.2, 0) is 11.3 Å². The molecular formula is C20H19ClN2O3. The molecule has 0 atom stereocenters. The summed E-state index contributed by atoms with van der Waals surface area (Å²) in [7, 11) is 1.54. The number of fused-ring (bicyclic) bond motifs is 1. The fraction of sp³-hybridized carbons (Fsp3) is 0.200. The van der Waals surface area contributed by atoms with Gasteiger partial charge in [0.15, 0.2) is 0 Å². The van der Waals surface area contributed by atoms with Crippen molar-refractivity contribution < 1.29 is 9.53 Å². The summed E-state index contributed by atoms with van der Waals surface area (Å²) in [5, 5.41) is 4.31. The third-order valence-corrected chi connectivity index (χ3v) is 4.52. The van der Waals surface area contributed by atoms with Crippen LogP contribution in [0.25, 0.3) is 10.9 Å². The quantitative estimate of drug-likeness (QED) is 0.757. The van der Waals surface area contributed by atoms with Crippen LogP contribution in [0.2, 0.25) is 5.02 Å². The number of carbonyl (C=O) groups is 1. The van der Waals surface area contributed by atoms with E-state index in [1.54, 1.807) is 31.4 Å². The number of anilines is 1. The molecule has 0 saturated carbocycles. The van der Waals surface area contributed by atoms with E-state index in [0.717, 1.165) is 16.5 Å². The molecule has 0 saturated heterocycles. The summed E-state index contributed by atoms with van der Waals surface area (Å²) in [4.78, 5) is 25.1. The second kappa shape index (κ2) is 7.22. The molecular weight excluding hydrogens is 352 g/mol. The SMILES string of the molecule is COc1cccc2c(C)cc(=O)n(CC(=O)Nc3ccc(Cl)cc3C)c12. The molecule has 26 heavy (non-hydrogen) atoms. The van der Waals surface area contributed by atoms with E-state index in [1.165, 1.54) is 10.6 Å². The number of pyridine rings is 1. The lowest BCUT2D eigenvalue weighted by Crippen LogP contribution is -2.28. The highest BCUT2D eigenvalue weighted by atomic mass is 35.5. The molecule has 0 aliphatic heterocycles. The van der Waals surface area contributed by atoms with Gasteiger partial charge in [0.1, 0.15) is 12.3 Å². The van der Waals surface area contributed by atoms with E-state index in [1.807, 2.05) is 26.0 Å². The lowest BCUT2D eigenvalue weighted by Gasteiger charge is -2.15. The van der Waals surface area contributed by atoms with E-state index >= 15 is 0 Å². The first-order chi connectivity index (χ1) is 12.4. The maximum atomic E-state index is 12.6. The molecule has 1 aromatic heterocycles. The van der Waals surface area contributed by atoms with Crippen LogP contribution in [0.5, 0.6) is 5.75 Å². The molecule has 5 nitrogen and oxygen atoms in total. The summed E-state index contributed by atoms with van der Waals surface area (Å²) in [5.41, 5.74) is 2.72. The van der Waals surface area contributed by atoms with Gasteiger partial charge in [-0.15, -0.1) is 0 Å². The smallest absolute Gasteiger partial charge is 0.251 e. The first-order valence-electron chi connectivity index (χ1n) is 8.14. The highest BCUT2D eigenvalue weighted by Gasteiger charge is 2.14. The molecule has 1 N–H and O–H groups in total. The van der Waals surface area contributed by atoms with Crippen molar-refractivity contribution in [3.63, 3.8) is 0 Å². The van der Waals surface area contributed by atoms with Crippen LogP contribution in [-0.4, -0.2) is 17.6 Å². The van der Waals surface area contributed by atoms with Crippen LogP contribution in [0, 0.1) is 13.8 Å². The Morgan fingerprint density at radius 1 is 1.15 bits per heavy atom. The first-order valence-corrected chi connectivity index (χ1v) is 8.51. The molecule has 1 heterocycles. The molecule has 3 rings (SSSR count). The monoisotopic (exact) mass is 370 g/mol. The minimum absolute atomic E-state index is 0.113. The van der Waals surface area contributed by atoms with Crippen molar-refractivity contribution in [3.05, 3.63) is 69.0 Å². The highest BCUT2D eigenvalue weighted by molar-refractivity contribution is 6.30. The maximum absolute atomic E-state index is 12.6. The van der Waals surface area contributed by atoms with Crippen molar-refractivity contribution in [3.8, 4) is 5.75 Å². The number of hydrogen-bond donors (Lipinski definition) is 1. The van der Waals surface area contributed by atoms with Crippen molar-refractivity contribution in [1.29, 1.82) is 0 Å². The van der Waals surface area contributed by atoms with Gasteiger partial charge < -0.3 is 10.1 Å². The number of hydrogen-bond acceptors (Lipinski definition) is 3. The third-order valence-electron chi connectivity index (χ3n) is 4.28. The molecule has 0 unspecified atom stereocenters. The van der Waals surface area contributed by atoms with Gasteiger partial charge in [-0.05, 0) is 49.2 Å². The van der Waals surface area contributed by atoms with Gasteiger partial charge in [0, 0.05) is 22.2 Å². The van der Waals surface area contributed by atoms with E-state index in [4.69, 9.17) is 16.3 Å². The predicted molar refractivity (Wildman–Crippen MR) is 104 cm³/mol. The van der Waals surface area contributed by atoms with Crippen LogP contribution in [0.3, 0.4) is 0 Å². The fourth-order valence-corrected chi connectivity index (χ4v) is 3.22. The first kappa shape index (κ1) is 18.0. The largest absolute Gasteiger partial charge is 0.495 e. The van der Waals surface area contributed by atoms with Crippen molar-refractivity contribution in [2.24, 2.45) is 0 Å². The molecule has 0 aliphatic carbocycles. The molecule has 1 amide bonds. The minimum atomic E-state index is -0.298. The van der Waals surface area contributed by atoms with Crippen LogP contribution < -0.4 is 15.6 Å². The Bertz CT molecular complexity index is 1060. The molecule has 0 spiro atoms. The average Bonchev–Trinajstić information content (AvgIpc) is 2.60. The van der Waals surface area contributed by atoms with Gasteiger partial charge in [0.2, 0.25) is 5.91 Å². The lowest BCUT2D eigenvalue weighted by atomic mass is 10.1. The summed E-state index contributed by atoms with van der Waals surface area (Å²) in [6, 6.07) is 12.3. The number of amides is 1. The van der Waals surface area contributed by atoms with Crippen molar-refractivity contribution in [2.75, 3.05) is 12.4 Å². The van der Waals surface area contributed by atoms with Crippen molar-refractivity contribution in [1.82, 2.24) is 4.57 Å². The molecule has 2 aromatic carbocycles. The number of halogens is 1. The summed E-state index contributed by atoms with van der Waals surface area (Å²) in [5.74, 6) is 0.257. The number of methoxy groups -OCH3 is 1. The van der Waals surface area contributed by atoms with Gasteiger partial charge in [-0.2, -0.15) is 0 Å². The summed E-state index contributed by atoms with van der Waals surface area (Å²) >= 11 is 5.95. The molecule has 0 radical (unpaired) electrons. The predicted octanol–water partition coefficient (Wildman–Crippen LogP) is 3.92. The topological polar surface area (TPSA) is 60.3 Å². The second-order valence-electron chi connectivity index (χ2n) is 6.12. The zero-order chi connectivity index (χ0) is 18.8. The van der Waals surface area contributed by atoms with Gasteiger partial charge in [0.05, 0.1) is 12.6 Å². The number of para-hydroxylation sites is 1. The molecule has 0 bridgehead atoms. The van der Waals surface area contributed by atoms with Crippen LogP contribution in [0.1, 0.15) is 11.1 Å². The molecule has 134 valence electrons. The number of benzene rings is 2. The zero-order valence-electron chi connectivity index (χ0n) is 14.8. The highest BCUT2D eigenvalue weighted by Crippen LogP contribution is 2.26. The maximum Gasteiger partial charge on any atom is 0.251 e. The number of aromatic nitrogens is 1. The van der Waals surface area contributed by atoms with Gasteiger partial charge in [0.25, 0.3) is 5.56 Å². The molecule has 0 aliphatic rings. The van der Waals surface area contributed by atoms with Gasteiger partial charge >= 0.3 is 0 Å². The minimum Gasteiger partial charge on any atom is -0.495 e. The summed E-state index contributed by atoms with van der Waals surface area (Å²) < 4.78 is 6.84.